The van der Waals surface area contributed by atoms with Crippen LogP contribution in [0.3, 0.4) is 0 Å². The number of carboxylic acids is 1. The van der Waals surface area contributed by atoms with Crippen molar-refractivity contribution in [1.82, 2.24) is 9.88 Å². The summed E-state index contributed by atoms with van der Waals surface area (Å²) in [5, 5.41) is 11.9. The van der Waals surface area contributed by atoms with Crippen molar-refractivity contribution < 1.29 is 14.7 Å². The molecule has 2 heterocycles. The van der Waals surface area contributed by atoms with Crippen molar-refractivity contribution in [3.05, 3.63) is 16.1 Å². The van der Waals surface area contributed by atoms with E-state index < -0.39 is 11.4 Å². The molecule has 1 saturated heterocycles. The summed E-state index contributed by atoms with van der Waals surface area (Å²) in [5.41, 5.74) is -0.393. The Morgan fingerprint density at radius 1 is 1.53 bits per heavy atom. The van der Waals surface area contributed by atoms with Crippen LogP contribution in [0.2, 0.25) is 0 Å². The molecule has 5 nitrogen and oxygen atoms in total. The molecule has 1 fully saturated rings. The fraction of sp³-hybridized carbons (Fsp3) is 0.615. The Balaban J connectivity index is 2.11. The van der Waals surface area contributed by atoms with Crippen LogP contribution >= 0.6 is 11.3 Å². The predicted molar refractivity (Wildman–Crippen MR) is 72.5 cm³/mol. The minimum atomic E-state index is -0.844. The summed E-state index contributed by atoms with van der Waals surface area (Å²) in [7, 11) is 0. The lowest BCUT2D eigenvalue weighted by Crippen LogP contribution is -2.35. The number of nitrogens with zero attached hydrogens (tertiary/aromatic N) is 2. The van der Waals surface area contributed by atoms with Crippen LogP contribution in [-0.4, -0.2) is 40.0 Å². The molecule has 0 bridgehead atoms. The maximum atomic E-state index is 12.3. The fourth-order valence-electron chi connectivity index (χ4n) is 2.12. The third-order valence-electron chi connectivity index (χ3n) is 3.51. The second kappa shape index (κ2) is 4.92. The Morgan fingerprint density at radius 3 is 2.68 bits per heavy atom. The smallest absolute Gasteiger partial charge is 0.311 e. The highest BCUT2D eigenvalue weighted by molar-refractivity contribution is 7.09. The van der Waals surface area contributed by atoms with Gasteiger partial charge in [0.1, 0.15) is 5.69 Å². The number of aliphatic carboxylic acids is 1. The number of carbonyl (C=O) groups excluding carboxylic acids is 1. The molecule has 0 saturated carbocycles. The molecule has 1 atom stereocenters. The highest BCUT2D eigenvalue weighted by Crippen LogP contribution is 2.31. The van der Waals surface area contributed by atoms with E-state index >= 15 is 0 Å². The normalized spacial score (nSPS) is 23.1. The largest absolute Gasteiger partial charge is 0.481 e. The third-order valence-corrected chi connectivity index (χ3v) is 4.66. The highest BCUT2D eigenvalue weighted by Gasteiger charge is 2.42. The maximum Gasteiger partial charge on any atom is 0.311 e. The van der Waals surface area contributed by atoms with Crippen molar-refractivity contribution in [2.45, 2.75) is 33.1 Å². The lowest BCUT2D eigenvalue weighted by molar-refractivity contribution is -0.147. The second-order valence-corrected chi connectivity index (χ2v) is 6.46. The van der Waals surface area contributed by atoms with E-state index in [1.165, 1.54) is 11.3 Å². The van der Waals surface area contributed by atoms with Gasteiger partial charge in [-0.05, 0) is 13.3 Å². The summed E-state index contributed by atoms with van der Waals surface area (Å²) in [6.45, 7) is 6.49. The Labute approximate surface area is 116 Å². The van der Waals surface area contributed by atoms with Gasteiger partial charge in [0.05, 0.1) is 10.4 Å². The van der Waals surface area contributed by atoms with Crippen molar-refractivity contribution in [2.24, 2.45) is 5.41 Å². The van der Waals surface area contributed by atoms with Gasteiger partial charge in [-0.2, -0.15) is 0 Å². The third kappa shape index (κ3) is 2.63. The Morgan fingerprint density at radius 2 is 2.21 bits per heavy atom. The molecule has 1 aliphatic heterocycles. The van der Waals surface area contributed by atoms with E-state index in [-0.39, 0.29) is 12.5 Å². The van der Waals surface area contributed by atoms with Gasteiger partial charge in [-0.3, -0.25) is 9.59 Å². The summed E-state index contributed by atoms with van der Waals surface area (Å²) < 4.78 is 0. The first-order valence-corrected chi connectivity index (χ1v) is 7.19. The van der Waals surface area contributed by atoms with Crippen molar-refractivity contribution in [2.75, 3.05) is 13.1 Å². The fourth-order valence-corrected chi connectivity index (χ4v) is 2.93. The molecule has 0 aromatic carbocycles. The van der Waals surface area contributed by atoms with Crippen molar-refractivity contribution >= 4 is 23.2 Å². The minimum Gasteiger partial charge on any atom is -0.481 e. The van der Waals surface area contributed by atoms with Crippen LogP contribution in [0, 0.1) is 5.41 Å². The highest BCUT2D eigenvalue weighted by atomic mass is 32.1. The first-order valence-electron chi connectivity index (χ1n) is 6.31. The molecule has 0 aliphatic carbocycles. The molecular formula is C13H18N2O3S. The van der Waals surface area contributed by atoms with E-state index in [1.807, 2.05) is 13.8 Å². The van der Waals surface area contributed by atoms with Gasteiger partial charge in [-0.1, -0.05) is 13.8 Å². The van der Waals surface area contributed by atoms with Crippen LogP contribution in [0.5, 0.6) is 0 Å². The molecule has 0 spiro atoms. The van der Waals surface area contributed by atoms with E-state index in [0.29, 0.717) is 24.6 Å². The standard InChI is InChI=1S/C13H18N2O3S/c1-8(2)10-14-9(6-19-10)11(16)15-5-4-13(3,7-15)12(17)18/h6,8H,4-5,7H2,1-3H3,(H,17,18). The monoisotopic (exact) mass is 282 g/mol. The molecule has 2 rings (SSSR count). The first-order chi connectivity index (χ1) is 8.83. The van der Waals surface area contributed by atoms with E-state index in [2.05, 4.69) is 4.98 Å². The summed E-state index contributed by atoms with van der Waals surface area (Å²) in [6.07, 6.45) is 0.495. The number of thiazole rings is 1. The van der Waals surface area contributed by atoms with E-state index in [0.717, 1.165) is 5.01 Å². The number of hydrogen-bond acceptors (Lipinski definition) is 4. The molecule has 1 aliphatic rings. The van der Waals surface area contributed by atoms with Crippen LogP contribution in [0.1, 0.15) is 48.6 Å². The molecule has 1 aromatic heterocycles. The van der Waals surface area contributed by atoms with Gasteiger partial charge in [0.2, 0.25) is 0 Å². The van der Waals surface area contributed by atoms with Crippen LogP contribution in [-0.2, 0) is 4.79 Å². The average molecular weight is 282 g/mol. The topological polar surface area (TPSA) is 70.5 Å². The van der Waals surface area contributed by atoms with Crippen LogP contribution in [0.15, 0.2) is 5.38 Å². The number of rotatable bonds is 3. The lowest BCUT2D eigenvalue weighted by atomic mass is 9.90. The first kappa shape index (κ1) is 14.0. The van der Waals surface area contributed by atoms with Gasteiger partial charge in [-0.15, -0.1) is 11.3 Å². The van der Waals surface area contributed by atoms with Gasteiger partial charge < -0.3 is 10.0 Å². The van der Waals surface area contributed by atoms with Crippen LogP contribution in [0.25, 0.3) is 0 Å². The summed E-state index contributed by atoms with van der Waals surface area (Å²) in [4.78, 5) is 29.4. The molecule has 1 N–H and O–H groups in total. The zero-order chi connectivity index (χ0) is 14.2. The molecule has 1 aromatic rings. The van der Waals surface area contributed by atoms with E-state index in [1.54, 1.807) is 17.2 Å². The lowest BCUT2D eigenvalue weighted by Gasteiger charge is -2.19. The quantitative estimate of drug-likeness (QED) is 0.922. The zero-order valence-corrected chi connectivity index (χ0v) is 12.2. The number of carboxylic acid groups (broad SMARTS) is 1. The molecule has 6 heteroatoms. The Hall–Kier alpha value is -1.43. The Kier molecular flexibility index (Phi) is 3.62. The molecule has 1 amide bonds. The van der Waals surface area contributed by atoms with Gasteiger partial charge in [0.15, 0.2) is 0 Å². The second-order valence-electron chi connectivity index (χ2n) is 5.57. The molecule has 19 heavy (non-hydrogen) atoms. The number of likely N-dealkylation sites (tertiary alicyclic amines) is 1. The zero-order valence-electron chi connectivity index (χ0n) is 11.3. The number of hydrogen-bond donors (Lipinski definition) is 1. The number of amides is 1. The van der Waals surface area contributed by atoms with Gasteiger partial charge in [0.25, 0.3) is 5.91 Å². The SMILES string of the molecule is CC(C)c1nc(C(=O)N2CCC(C)(C(=O)O)C2)cs1. The summed E-state index contributed by atoms with van der Waals surface area (Å²) in [5.74, 6) is -0.702. The van der Waals surface area contributed by atoms with E-state index in [4.69, 9.17) is 5.11 Å². The number of aromatic nitrogens is 1. The summed E-state index contributed by atoms with van der Waals surface area (Å²) >= 11 is 1.48. The minimum absolute atomic E-state index is 0.159. The number of carbonyl (C=O) groups is 2. The van der Waals surface area contributed by atoms with Crippen molar-refractivity contribution in [3.63, 3.8) is 0 Å². The van der Waals surface area contributed by atoms with Gasteiger partial charge in [-0.25, -0.2) is 4.98 Å². The molecule has 0 radical (unpaired) electrons. The average Bonchev–Trinajstić information content (AvgIpc) is 2.95. The van der Waals surface area contributed by atoms with Gasteiger partial charge in [0, 0.05) is 24.4 Å². The van der Waals surface area contributed by atoms with E-state index in [9.17, 15) is 9.59 Å². The maximum absolute atomic E-state index is 12.3. The molecule has 1 unspecified atom stereocenters. The Bertz CT molecular complexity index is 512. The van der Waals surface area contributed by atoms with Crippen molar-refractivity contribution in [1.29, 1.82) is 0 Å². The van der Waals surface area contributed by atoms with Gasteiger partial charge >= 0.3 is 5.97 Å². The van der Waals surface area contributed by atoms with Crippen LogP contribution in [0.4, 0.5) is 0 Å². The van der Waals surface area contributed by atoms with Crippen LogP contribution < -0.4 is 0 Å². The van der Waals surface area contributed by atoms with Crippen molar-refractivity contribution in [3.8, 4) is 0 Å². The summed E-state index contributed by atoms with van der Waals surface area (Å²) in [6, 6.07) is 0. The molecule has 104 valence electrons. The predicted octanol–water partition coefficient (Wildman–Crippen LogP) is 2.20. The molecular weight excluding hydrogens is 264 g/mol.